The number of nitrogens with two attached hydrogens (primary N) is 1. The maximum absolute atomic E-state index is 14.9. The van der Waals surface area contributed by atoms with E-state index in [2.05, 4.69) is 20.0 Å². The average Bonchev–Trinajstić information content (AvgIpc) is 3.55. The lowest BCUT2D eigenvalue weighted by Gasteiger charge is -2.38. The summed E-state index contributed by atoms with van der Waals surface area (Å²) in [4.78, 5) is 24.5. The van der Waals surface area contributed by atoms with Crippen LogP contribution < -0.4 is 11.3 Å². The van der Waals surface area contributed by atoms with Crippen LogP contribution in [-0.2, 0) is 26.7 Å². The molecule has 1 saturated heterocycles. The van der Waals surface area contributed by atoms with Crippen molar-refractivity contribution < 1.29 is 9.50 Å². The van der Waals surface area contributed by atoms with Gasteiger partial charge in [-0.1, -0.05) is 36.4 Å². The quantitative estimate of drug-likeness (QED) is 0.304. The summed E-state index contributed by atoms with van der Waals surface area (Å²) in [7, 11) is 1.79. The van der Waals surface area contributed by atoms with Gasteiger partial charge in [0.05, 0.1) is 34.9 Å². The Bertz CT molecular complexity index is 1770. The van der Waals surface area contributed by atoms with E-state index in [0.717, 1.165) is 33.1 Å². The maximum atomic E-state index is 14.9. The summed E-state index contributed by atoms with van der Waals surface area (Å²) < 4.78 is 18.0. The number of fused-ring (bicyclic) bond motifs is 1. The minimum absolute atomic E-state index is 0.121. The van der Waals surface area contributed by atoms with Gasteiger partial charge in [0.1, 0.15) is 11.3 Å². The van der Waals surface area contributed by atoms with E-state index >= 15 is 0 Å². The number of aromatic nitrogens is 5. The van der Waals surface area contributed by atoms with Crippen molar-refractivity contribution in [2.45, 2.75) is 45.0 Å². The molecule has 0 atom stereocenters. The Labute approximate surface area is 240 Å². The topological polar surface area (TPSA) is 115 Å². The van der Waals surface area contributed by atoms with Gasteiger partial charge in [-0.3, -0.25) is 18.9 Å². The number of aliphatic hydroxyl groups is 1. The Morgan fingerprint density at radius 2 is 1.83 bits per heavy atom. The molecule has 0 saturated carbocycles. The lowest BCUT2D eigenvalue weighted by molar-refractivity contribution is -0.0366. The summed E-state index contributed by atoms with van der Waals surface area (Å²) in [5, 5.41) is 18.7. The van der Waals surface area contributed by atoms with E-state index in [1.165, 1.54) is 17.0 Å². The fourth-order valence-electron chi connectivity index (χ4n) is 5.50. The van der Waals surface area contributed by atoms with E-state index in [0.29, 0.717) is 50.1 Å². The van der Waals surface area contributed by atoms with Crippen LogP contribution in [0.4, 0.5) is 4.39 Å². The molecule has 9 nitrogen and oxygen atoms in total. The molecule has 212 valence electrons. The summed E-state index contributed by atoms with van der Waals surface area (Å²) in [5.41, 5.74) is 9.97. The van der Waals surface area contributed by atoms with Gasteiger partial charge in [-0.25, -0.2) is 14.4 Å². The molecule has 0 amide bonds. The van der Waals surface area contributed by atoms with Crippen LogP contribution >= 0.6 is 11.3 Å². The van der Waals surface area contributed by atoms with E-state index in [1.807, 2.05) is 48.7 Å². The molecule has 4 heterocycles. The number of hydrogen-bond acceptors (Lipinski definition) is 8. The number of nitrogens with zero attached hydrogens (tertiary/aromatic N) is 6. The predicted molar refractivity (Wildman–Crippen MR) is 158 cm³/mol. The maximum Gasteiger partial charge on any atom is 0.281 e. The van der Waals surface area contributed by atoms with Gasteiger partial charge < -0.3 is 10.8 Å². The highest BCUT2D eigenvalue weighted by molar-refractivity contribution is 7.09. The SMILES string of the molecule is Cc1nc(-c2ccc(CN3CCC(O)(Cn4cnc5c(-c6ccc(CN)cc6)n(C)nc5c4=O)CC3)c(F)c2)cs1. The van der Waals surface area contributed by atoms with Crippen molar-refractivity contribution >= 4 is 22.4 Å². The second kappa shape index (κ2) is 10.9. The van der Waals surface area contributed by atoms with Crippen molar-refractivity contribution in [3.63, 3.8) is 0 Å². The number of piperidine rings is 1. The highest BCUT2D eigenvalue weighted by Gasteiger charge is 2.33. The molecular weight excluding hydrogens is 541 g/mol. The Morgan fingerprint density at radius 1 is 1.10 bits per heavy atom. The highest BCUT2D eigenvalue weighted by atomic mass is 32.1. The lowest BCUT2D eigenvalue weighted by Crippen LogP contribution is -2.47. The second-order valence-corrected chi connectivity index (χ2v) is 11.9. The number of aryl methyl sites for hydroxylation is 2. The normalized spacial score (nSPS) is 15.5. The van der Waals surface area contributed by atoms with E-state index in [1.54, 1.807) is 23.1 Å². The van der Waals surface area contributed by atoms with Gasteiger partial charge in [0, 0.05) is 55.3 Å². The summed E-state index contributed by atoms with van der Waals surface area (Å²) in [5.74, 6) is -0.259. The number of halogens is 1. The fraction of sp³-hybridized carbons (Fsp3) is 0.333. The number of thiazole rings is 1. The van der Waals surface area contributed by atoms with Crippen LogP contribution in [0.25, 0.3) is 33.5 Å². The van der Waals surface area contributed by atoms with E-state index in [9.17, 15) is 14.3 Å². The van der Waals surface area contributed by atoms with Crippen molar-refractivity contribution in [2.24, 2.45) is 12.8 Å². The minimum atomic E-state index is -1.07. The molecule has 2 aromatic carbocycles. The second-order valence-electron chi connectivity index (χ2n) is 10.8. The highest BCUT2D eigenvalue weighted by Crippen LogP contribution is 2.29. The molecule has 1 fully saturated rings. The third-order valence-corrected chi connectivity index (χ3v) is 8.66. The van der Waals surface area contributed by atoms with Gasteiger partial charge >= 0.3 is 0 Å². The van der Waals surface area contributed by atoms with Gasteiger partial charge in [-0.2, -0.15) is 5.10 Å². The van der Waals surface area contributed by atoms with Crippen molar-refractivity contribution in [3.8, 4) is 22.5 Å². The van der Waals surface area contributed by atoms with Gasteiger partial charge in [0.2, 0.25) is 0 Å². The molecule has 0 radical (unpaired) electrons. The Balaban J connectivity index is 1.14. The molecule has 0 bridgehead atoms. The van der Waals surface area contributed by atoms with Crippen molar-refractivity contribution in [2.75, 3.05) is 13.1 Å². The molecule has 11 heteroatoms. The van der Waals surface area contributed by atoms with Crippen LogP contribution in [0, 0.1) is 12.7 Å². The number of hydrogen-bond donors (Lipinski definition) is 2. The van der Waals surface area contributed by atoms with E-state index in [4.69, 9.17) is 5.73 Å². The van der Waals surface area contributed by atoms with Gasteiger partial charge in [-0.15, -0.1) is 11.3 Å². The molecule has 0 spiro atoms. The zero-order valence-corrected chi connectivity index (χ0v) is 23.9. The molecule has 0 unspecified atom stereocenters. The Kier molecular flexibility index (Phi) is 7.28. The van der Waals surface area contributed by atoms with Crippen LogP contribution in [0.1, 0.15) is 29.0 Å². The van der Waals surface area contributed by atoms with Crippen molar-refractivity contribution in [1.82, 2.24) is 29.2 Å². The molecule has 41 heavy (non-hydrogen) atoms. The minimum Gasteiger partial charge on any atom is -0.388 e. The molecule has 1 aliphatic rings. The Hall–Kier alpha value is -3.77. The molecule has 3 aromatic heterocycles. The van der Waals surface area contributed by atoms with Crippen molar-refractivity contribution in [1.29, 1.82) is 0 Å². The summed E-state index contributed by atoms with van der Waals surface area (Å²) in [6.07, 6.45) is 2.40. The Morgan fingerprint density at radius 3 is 2.49 bits per heavy atom. The first-order valence-corrected chi connectivity index (χ1v) is 14.5. The van der Waals surface area contributed by atoms with Crippen molar-refractivity contribution in [3.05, 3.63) is 86.5 Å². The smallest absolute Gasteiger partial charge is 0.281 e. The fourth-order valence-corrected chi connectivity index (χ4v) is 6.13. The van der Waals surface area contributed by atoms with Crippen LogP contribution in [0.3, 0.4) is 0 Å². The van der Waals surface area contributed by atoms with Crippen LogP contribution in [0.5, 0.6) is 0 Å². The first-order valence-electron chi connectivity index (χ1n) is 13.6. The van der Waals surface area contributed by atoms with Gasteiger partial charge in [-0.05, 0) is 31.4 Å². The monoisotopic (exact) mass is 573 g/mol. The van der Waals surface area contributed by atoms with Gasteiger partial charge in [0.25, 0.3) is 5.56 Å². The zero-order chi connectivity index (χ0) is 28.7. The summed E-state index contributed by atoms with van der Waals surface area (Å²) in [6.45, 7) is 4.12. The molecule has 6 rings (SSSR count). The summed E-state index contributed by atoms with van der Waals surface area (Å²) >= 11 is 1.54. The van der Waals surface area contributed by atoms with Crippen LogP contribution in [0.15, 0.2) is 59.0 Å². The van der Waals surface area contributed by atoms with E-state index in [-0.39, 0.29) is 23.4 Å². The largest absolute Gasteiger partial charge is 0.388 e. The molecule has 3 N–H and O–H groups in total. The molecular formula is C30H32FN7O2S. The number of likely N-dealkylation sites (tertiary alicyclic amines) is 1. The molecule has 0 aliphatic carbocycles. The first-order chi connectivity index (χ1) is 19.7. The lowest BCUT2D eigenvalue weighted by atomic mass is 9.91. The summed E-state index contributed by atoms with van der Waals surface area (Å²) in [6, 6.07) is 13.1. The molecule has 1 aliphatic heterocycles. The van der Waals surface area contributed by atoms with E-state index < -0.39 is 5.60 Å². The number of benzene rings is 2. The molecule has 5 aromatic rings. The van der Waals surface area contributed by atoms with Gasteiger partial charge in [0.15, 0.2) is 5.52 Å². The third-order valence-electron chi connectivity index (χ3n) is 7.89. The zero-order valence-electron chi connectivity index (χ0n) is 23.0. The number of rotatable bonds is 7. The van der Waals surface area contributed by atoms with Crippen LogP contribution in [-0.4, -0.2) is 53.0 Å². The standard InChI is InChI=1S/C30H32FN7O2S/c1-19-34-25(16-41-19)22-7-8-23(24(31)13-22)15-37-11-9-30(40,10-12-37)17-38-18-33-26-27(29(38)39)35-36(2)28(26)21-5-3-20(14-32)4-6-21/h3-8,13,16,18,40H,9-12,14-15,17,32H2,1-2H3. The predicted octanol–water partition coefficient (Wildman–Crippen LogP) is 3.85. The third kappa shape index (κ3) is 5.45. The van der Waals surface area contributed by atoms with Crippen LogP contribution in [0.2, 0.25) is 0 Å². The first kappa shape index (κ1) is 27.4. The average molecular weight is 574 g/mol.